The highest BCUT2D eigenvalue weighted by Crippen LogP contribution is 2.32. The molecule has 0 saturated carbocycles. The second kappa shape index (κ2) is 3.94. The molecule has 0 radical (unpaired) electrons. The van der Waals surface area contributed by atoms with Gasteiger partial charge in [-0.05, 0) is 23.4 Å². The Bertz CT molecular complexity index is 427. The van der Waals surface area contributed by atoms with Crippen LogP contribution in [0.2, 0.25) is 19.1 Å². The van der Waals surface area contributed by atoms with Gasteiger partial charge in [0.15, 0.2) is 11.5 Å². The fraction of sp³-hybridized carbons (Fsp3) is 0.417. The average molecular weight is 236 g/mol. The summed E-state index contributed by atoms with van der Waals surface area (Å²) in [6, 6.07) is 4.78. The van der Waals surface area contributed by atoms with Gasteiger partial charge in [0.05, 0.1) is 21.8 Å². The van der Waals surface area contributed by atoms with Gasteiger partial charge in [-0.3, -0.25) is 4.79 Å². The maximum absolute atomic E-state index is 10.9. The molecule has 4 heteroatoms. The molecule has 0 atom stereocenters. The van der Waals surface area contributed by atoms with Gasteiger partial charge < -0.3 is 9.47 Å². The number of benzene rings is 1. The molecule has 0 aromatic heterocycles. The van der Waals surface area contributed by atoms with Crippen LogP contribution >= 0.6 is 0 Å². The van der Waals surface area contributed by atoms with Gasteiger partial charge >= 0.3 is 0 Å². The number of hydrogen-bond donors (Lipinski definition) is 0. The molecule has 1 aromatic carbocycles. The Labute approximate surface area is 96.4 Å². The quantitative estimate of drug-likeness (QED) is 0.580. The smallest absolute Gasteiger partial charge is 0.161 e. The van der Waals surface area contributed by atoms with Crippen molar-refractivity contribution in [3.8, 4) is 11.5 Å². The van der Waals surface area contributed by atoms with Crippen LogP contribution in [0.5, 0.6) is 11.5 Å². The highest BCUT2D eigenvalue weighted by atomic mass is 28.3. The van der Waals surface area contributed by atoms with Gasteiger partial charge in [0, 0.05) is 5.56 Å². The summed E-state index contributed by atoms with van der Waals surface area (Å²) < 4.78 is 11.0. The molecule has 0 fully saturated rings. The fourth-order valence-electron chi connectivity index (χ4n) is 2.04. The first kappa shape index (κ1) is 11.2. The van der Waals surface area contributed by atoms with E-state index in [4.69, 9.17) is 9.47 Å². The third-order valence-electron chi connectivity index (χ3n) is 3.14. The largest absolute Gasteiger partial charge is 0.493 e. The summed E-state index contributed by atoms with van der Waals surface area (Å²) in [5.41, 5.74) is 0.668. The van der Waals surface area contributed by atoms with E-state index in [0.717, 1.165) is 24.7 Å². The zero-order chi connectivity index (χ0) is 11.8. The summed E-state index contributed by atoms with van der Waals surface area (Å²) in [6.45, 7) is 5.34. The normalized spacial score (nSPS) is 17.2. The fourth-order valence-corrected chi connectivity index (χ4v) is 4.29. The SMILES string of the molecule is COc1cc(C=O)cc2c1OCC[Si]2(C)C. The molecule has 1 aromatic rings. The third kappa shape index (κ3) is 1.73. The molecular weight excluding hydrogens is 220 g/mol. The summed E-state index contributed by atoms with van der Waals surface area (Å²) in [7, 11) is 0.138. The van der Waals surface area contributed by atoms with E-state index in [1.54, 1.807) is 13.2 Å². The molecule has 0 saturated heterocycles. The minimum absolute atomic E-state index is 0.668. The molecule has 1 aliphatic rings. The minimum Gasteiger partial charge on any atom is -0.493 e. The van der Waals surface area contributed by atoms with E-state index in [1.165, 1.54) is 5.19 Å². The van der Waals surface area contributed by atoms with Crippen LogP contribution in [0.1, 0.15) is 10.4 Å². The van der Waals surface area contributed by atoms with Crippen molar-refractivity contribution in [3.05, 3.63) is 17.7 Å². The number of hydrogen-bond acceptors (Lipinski definition) is 3. The van der Waals surface area contributed by atoms with Crippen molar-refractivity contribution < 1.29 is 14.3 Å². The Balaban J connectivity index is 2.64. The lowest BCUT2D eigenvalue weighted by Crippen LogP contribution is -2.47. The second-order valence-electron chi connectivity index (χ2n) is 4.70. The Kier molecular flexibility index (Phi) is 2.76. The standard InChI is InChI=1S/C12H16O3Si/c1-14-10-6-9(8-13)7-11-12(10)15-4-5-16(11,2)3/h6-8H,4-5H2,1-3H3. The van der Waals surface area contributed by atoms with Crippen molar-refractivity contribution in [3.63, 3.8) is 0 Å². The highest BCUT2D eigenvalue weighted by Gasteiger charge is 2.33. The van der Waals surface area contributed by atoms with Crippen molar-refractivity contribution in [1.82, 2.24) is 0 Å². The lowest BCUT2D eigenvalue weighted by Gasteiger charge is -2.31. The molecule has 3 nitrogen and oxygen atoms in total. The molecule has 0 unspecified atom stereocenters. The molecular formula is C12H16O3Si. The highest BCUT2D eigenvalue weighted by molar-refractivity contribution is 6.90. The average Bonchev–Trinajstić information content (AvgIpc) is 2.27. The number of carbonyl (C=O) groups is 1. The van der Waals surface area contributed by atoms with Crippen LogP contribution in [-0.4, -0.2) is 28.1 Å². The number of ether oxygens (including phenoxy) is 2. The zero-order valence-electron chi connectivity index (χ0n) is 9.87. The Hall–Kier alpha value is -1.29. The zero-order valence-corrected chi connectivity index (χ0v) is 10.9. The molecule has 0 aliphatic carbocycles. The van der Waals surface area contributed by atoms with Gasteiger partial charge in [0.1, 0.15) is 6.29 Å². The van der Waals surface area contributed by atoms with Gasteiger partial charge in [-0.25, -0.2) is 0 Å². The molecule has 86 valence electrons. The van der Waals surface area contributed by atoms with Crippen molar-refractivity contribution in [1.29, 1.82) is 0 Å². The third-order valence-corrected chi connectivity index (χ3v) is 6.42. The van der Waals surface area contributed by atoms with Gasteiger partial charge in [0.25, 0.3) is 0 Å². The van der Waals surface area contributed by atoms with Gasteiger partial charge in [-0.2, -0.15) is 0 Å². The van der Waals surface area contributed by atoms with E-state index >= 15 is 0 Å². The first-order valence-corrected chi connectivity index (χ1v) is 8.59. The predicted octanol–water partition coefficient (Wildman–Crippen LogP) is 1.82. The van der Waals surface area contributed by atoms with E-state index in [-0.39, 0.29) is 0 Å². The summed E-state index contributed by atoms with van der Waals surface area (Å²) >= 11 is 0. The lowest BCUT2D eigenvalue weighted by molar-refractivity contribution is 0.112. The predicted molar refractivity (Wildman–Crippen MR) is 65.8 cm³/mol. The van der Waals surface area contributed by atoms with E-state index < -0.39 is 8.07 Å². The van der Waals surface area contributed by atoms with Crippen LogP contribution in [0.15, 0.2) is 12.1 Å². The molecule has 0 N–H and O–H groups in total. The molecule has 16 heavy (non-hydrogen) atoms. The van der Waals surface area contributed by atoms with Crippen LogP contribution in [0.25, 0.3) is 0 Å². The summed E-state index contributed by atoms with van der Waals surface area (Å²) in [6.07, 6.45) is 0.863. The number of carbonyl (C=O) groups excluding carboxylic acids is 1. The minimum atomic E-state index is -1.47. The maximum atomic E-state index is 10.9. The second-order valence-corrected chi connectivity index (χ2v) is 9.51. The molecule has 0 spiro atoms. The lowest BCUT2D eigenvalue weighted by atomic mass is 10.2. The van der Waals surface area contributed by atoms with Crippen molar-refractivity contribution in [2.45, 2.75) is 19.1 Å². The number of aldehydes is 1. The van der Waals surface area contributed by atoms with E-state index in [2.05, 4.69) is 13.1 Å². The van der Waals surface area contributed by atoms with E-state index in [1.807, 2.05) is 6.07 Å². The Morgan fingerprint density at radius 1 is 1.44 bits per heavy atom. The van der Waals surface area contributed by atoms with Crippen molar-refractivity contribution in [2.24, 2.45) is 0 Å². The Morgan fingerprint density at radius 2 is 2.19 bits per heavy atom. The van der Waals surface area contributed by atoms with Crippen LogP contribution in [0.4, 0.5) is 0 Å². The van der Waals surface area contributed by atoms with Crippen molar-refractivity contribution >= 4 is 19.5 Å². The molecule has 1 heterocycles. The van der Waals surface area contributed by atoms with Crippen LogP contribution in [0, 0.1) is 0 Å². The van der Waals surface area contributed by atoms with E-state index in [9.17, 15) is 4.79 Å². The first-order valence-electron chi connectivity index (χ1n) is 5.39. The summed E-state index contributed by atoms with van der Waals surface area (Å²) in [5.74, 6) is 1.52. The van der Waals surface area contributed by atoms with Crippen LogP contribution < -0.4 is 14.7 Å². The number of methoxy groups -OCH3 is 1. The van der Waals surface area contributed by atoms with Gasteiger partial charge in [-0.15, -0.1) is 0 Å². The number of fused-ring (bicyclic) bond motifs is 1. The molecule has 0 bridgehead atoms. The monoisotopic (exact) mass is 236 g/mol. The first-order chi connectivity index (χ1) is 7.58. The molecule has 1 aliphatic heterocycles. The molecule has 2 rings (SSSR count). The summed E-state index contributed by atoms with van der Waals surface area (Å²) in [4.78, 5) is 10.9. The number of rotatable bonds is 2. The maximum Gasteiger partial charge on any atom is 0.161 e. The van der Waals surface area contributed by atoms with Crippen molar-refractivity contribution in [2.75, 3.05) is 13.7 Å². The van der Waals surface area contributed by atoms with E-state index in [0.29, 0.717) is 11.3 Å². The van der Waals surface area contributed by atoms with Gasteiger partial charge in [-0.1, -0.05) is 13.1 Å². The van der Waals surface area contributed by atoms with Gasteiger partial charge in [0.2, 0.25) is 0 Å². The van der Waals surface area contributed by atoms with Crippen LogP contribution in [0.3, 0.4) is 0 Å². The van der Waals surface area contributed by atoms with Crippen LogP contribution in [-0.2, 0) is 0 Å². The Morgan fingerprint density at radius 3 is 2.81 bits per heavy atom. The molecule has 0 amide bonds. The topological polar surface area (TPSA) is 35.5 Å². The summed E-state index contributed by atoms with van der Waals surface area (Å²) in [5, 5.41) is 1.19.